The van der Waals surface area contributed by atoms with Crippen molar-refractivity contribution in [2.24, 2.45) is 5.14 Å². The summed E-state index contributed by atoms with van der Waals surface area (Å²) in [6.07, 6.45) is 0. The fraction of sp³-hybridized carbons (Fsp3) is 0.400. The Labute approximate surface area is 90.3 Å². The highest BCUT2D eigenvalue weighted by atomic mass is 32.2. The van der Waals surface area contributed by atoms with E-state index in [9.17, 15) is 8.42 Å². The Balaban J connectivity index is 3.43. The van der Waals surface area contributed by atoms with Gasteiger partial charge in [0.2, 0.25) is 10.0 Å². The third-order valence-electron chi connectivity index (χ3n) is 2.19. The van der Waals surface area contributed by atoms with Crippen LogP contribution >= 0.6 is 0 Å². The van der Waals surface area contributed by atoms with E-state index in [0.29, 0.717) is 0 Å². The van der Waals surface area contributed by atoms with Gasteiger partial charge in [0.05, 0.1) is 5.69 Å². The van der Waals surface area contributed by atoms with E-state index >= 15 is 0 Å². The number of nitrogens with two attached hydrogens (primary N) is 2. The fourth-order valence-electron chi connectivity index (χ4n) is 1.25. The maximum atomic E-state index is 11.2. The molecule has 0 saturated heterocycles. The van der Waals surface area contributed by atoms with Crippen LogP contribution in [-0.4, -0.2) is 8.42 Å². The van der Waals surface area contributed by atoms with Crippen molar-refractivity contribution < 1.29 is 8.42 Å². The minimum Gasteiger partial charge on any atom is -0.398 e. The van der Waals surface area contributed by atoms with Gasteiger partial charge in [-0.3, -0.25) is 0 Å². The molecule has 1 aromatic carbocycles. The molecule has 0 bridgehead atoms. The monoisotopic (exact) mass is 228 g/mol. The Kier molecular flexibility index (Phi) is 2.80. The fourth-order valence-corrected chi connectivity index (χ4v) is 1.94. The third kappa shape index (κ3) is 2.70. The predicted molar refractivity (Wildman–Crippen MR) is 60.9 cm³/mol. The number of benzene rings is 1. The van der Waals surface area contributed by atoms with E-state index in [1.807, 2.05) is 26.8 Å². The average molecular weight is 228 g/mol. The Hall–Kier alpha value is -1.07. The minimum absolute atomic E-state index is 0.00470. The van der Waals surface area contributed by atoms with Gasteiger partial charge in [0, 0.05) is 0 Å². The van der Waals surface area contributed by atoms with Crippen molar-refractivity contribution in [3.05, 3.63) is 23.8 Å². The highest BCUT2D eigenvalue weighted by molar-refractivity contribution is 7.89. The van der Waals surface area contributed by atoms with E-state index in [4.69, 9.17) is 10.9 Å². The zero-order chi connectivity index (χ0) is 11.9. The molecule has 4 N–H and O–H groups in total. The van der Waals surface area contributed by atoms with Crippen molar-refractivity contribution in [2.75, 3.05) is 5.73 Å². The summed E-state index contributed by atoms with van der Waals surface area (Å²) >= 11 is 0. The van der Waals surface area contributed by atoms with E-state index in [0.717, 1.165) is 5.56 Å². The molecule has 0 heterocycles. The summed E-state index contributed by atoms with van der Waals surface area (Å²) in [5.74, 6) is 0. The normalized spacial score (nSPS) is 12.8. The van der Waals surface area contributed by atoms with E-state index in [1.165, 1.54) is 6.07 Å². The molecule has 84 valence electrons. The molecular formula is C10H16N2O2S. The summed E-state index contributed by atoms with van der Waals surface area (Å²) in [7, 11) is -3.74. The van der Waals surface area contributed by atoms with E-state index in [-0.39, 0.29) is 16.0 Å². The van der Waals surface area contributed by atoms with Crippen molar-refractivity contribution in [1.29, 1.82) is 0 Å². The largest absolute Gasteiger partial charge is 0.398 e. The van der Waals surface area contributed by atoms with Crippen LogP contribution in [0.25, 0.3) is 0 Å². The summed E-state index contributed by atoms with van der Waals surface area (Å²) in [5.41, 5.74) is 6.50. The van der Waals surface area contributed by atoms with E-state index in [2.05, 4.69) is 0 Å². The lowest BCUT2D eigenvalue weighted by atomic mass is 9.87. The van der Waals surface area contributed by atoms with Crippen LogP contribution in [0.1, 0.15) is 26.3 Å². The molecule has 15 heavy (non-hydrogen) atoms. The van der Waals surface area contributed by atoms with Crippen molar-refractivity contribution in [3.63, 3.8) is 0 Å². The summed E-state index contributed by atoms with van der Waals surface area (Å²) in [5, 5.41) is 5.06. The number of anilines is 1. The smallest absolute Gasteiger partial charge is 0.240 e. The Morgan fingerprint density at radius 3 is 2.13 bits per heavy atom. The zero-order valence-electron chi connectivity index (χ0n) is 9.11. The Morgan fingerprint density at radius 1 is 1.20 bits per heavy atom. The molecule has 0 aromatic heterocycles. The first-order valence-corrected chi connectivity index (χ1v) is 6.10. The van der Waals surface area contributed by atoms with Crippen LogP contribution in [-0.2, 0) is 15.4 Å². The van der Waals surface area contributed by atoms with Crippen molar-refractivity contribution in [1.82, 2.24) is 0 Å². The van der Waals surface area contributed by atoms with Gasteiger partial charge >= 0.3 is 0 Å². The molecule has 1 rings (SSSR count). The second-order valence-electron chi connectivity index (χ2n) is 4.55. The number of hydrogen-bond donors (Lipinski definition) is 2. The maximum Gasteiger partial charge on any atom is 0.240 e. The molecule has 0 atom stereocenters. The summed E-state index contributed by atoms with van der Waals surface area (Å²) in [4.78, 5) is -0.00470. The molecule has 4 nitrogen and oxygen atoms in total. The molecule has 0 radical (unpaired) electrons. The first kappa shape index (κ1) is 12.0. The predicted octanol–water partition coefficient (Wildman–Crippen LogP) is 1.21. The lowest BCUT2D eigenvalue weighted by Crippen LogP contribution is -2.17. The van der Waals surface area contributed by atoms with Crippen molar-refractivity contribution >= 4 is 15.7 Å². The second-order valence-corrected chi connectivity index (χ2v) is 6.08. The first-order valence-electron chi connectivity index (χ1n) is 4.55. The van der Waals surface area contributed by atoms with Gasteiger partial charge in [-0.25, -0.2) is 13.6 Å². The second kappa shape index (κ2) is 3.50. The average Bonchev–Trinajstić information content (AvgIpc) is 2.00. The van der Waals surface area contributed by atoms with E-state index in [1.54, 1.807) is 6.07 Å². The molecule has 0 amide bonds. The van der Waals surface area contributed by atoms with Gasteiger partial charge in [0.1, 0.15) is 4.90 Å². The molecule has 0 aliphatic heterocycles. The number of primary sulfonamides is 1. The first-order chi connectivity index (χ1) is 6.62. The van der Waals surface area contributed by atoms with Crippen LogP contribution in [0.15, 0.2) is 23.1 Å². The molecule has 0 aliphatic carbocycles. The summed E-state index contributed by atoms with van der Waals surface area (Å²) in [6.45, 7) is 5.97. The molecule has 0 aliphatic rings. The van der Waals surface area contributed by atoms with Crippen molar-refractivity contribution in [2.45, 2.75) is 31.1 Å². The highest BCUT2D eigenvalue weighted by Crippen LogP contribution is 2.27. The van der Waals surface area contributed by atoms with Gasteiger partial charge in [-0.1, -0.05) is 26.8 Å². The van der Waals surface area contributed by atoms with Gasteiger partial charge in [0.25, 0.3) is 0 Å². The molecule has 0 fully saturated rings. The topological polar surface area (TPSA) is 86.2 Å². The van der Waals surface area contributed by atoms with Gasteiger partial charge in [-0.15, -0.1) is 0 Å². The minimum atomic E-state index is -3.74. The SMILES string of the molecule is CC(C)(C)c1ccc(N)c(S(N)(=O)=O)c1. The van der Waals surface area contributed by atoms with Gasteiger partial charge in [-0.2, -0.15) is 0 Å². The van der Waals surface area contributed by atoms with Crippen LogP contribution in [0.2, 0.25) is 0 Å². The molecule has 5 heteroatoms. The number of hydrogen-bond acceptors (Lipinski definition) is 3. The lowest BCUT2D eigenvalue weighted by molar-refractivity contribution is 0.584. The van der Waals surface area contributed by atoms with Crippen LogP contribution in [0, 0.1) is 0 Å². The molecule has 1 aromatic rings. The van der Waals surface area contributed by atoms with Crippen LogP contribution < -0.4 is 10.9 Å². The number of sulfonamides is 1. The molecular weight excluding hydrogens is 212 g/mol. The summed E-state index contributed by atoms with van der Waals surface area (Å²) < 4.78 is 22.5. The number of rotatable bonds is 1. The molecule has 0 spiro atoms. The van der Waals surface area contributed by atoms with Crippen molar-refractivity contribution in [3.8, 4) is 0 Å². The van der Waals surface area contributed by atoms with Gasteiger partial charge in [0.15, 0.2) is 0 Å². The van der Waals surface area contributed by atoms with Gasteiger partial charge in [-0.05, 0) is 23.1 Å². The number of nitrogen functional groups attached to an aromatic ring is 1. The zero-order valence-corrected chi connectivity index (χ0v) is 9.93. The quantitative estimate of drug-likeness (QED) is 0.708. The standard InChI is InChI=1S/C10H16N2O2S/c1-10(2,3)7-4-5-8(11)9(6-7)15(12,13)14/h4-6H,11H2,1-3H3,(H2,12,13,14). The van der Waals surface area contributed by atoms with Gasteiger partial charge < -0.3 is 5.73 Å². The summed E-state index contributed by atoms with van der Waals surface area (Å²) in [6, 6.07) is 4.91. The van der Waals surface area contributed by atoms with Crippen LogP contribution in [0.3, 0.4) is 0 Å². The van der Waals surface area contributed by atoms with E-state index < -0.39 is 10.0 Å². The molecule has 0 saturated carbocycles. The maximum absolute atomic E-state index is 11.2. The highest BCUT2D eigenvalue weighted by Gasteiger charge is 2.18. The Bertz CT molecular complexity index is 473. The van der Waals surface area contributed by atoms with Crippen LogP contribution in [0.4, 0.5) is 5.69 Å². The lowest BCUT2D eigenvalue weighted by Gasteiger charge is -2.20. The van der Waals surface area contributed by atoms with Crippen LogP contribution in [0.5, 0.6) is 0 Å². The third-order valence-corrected chi connectivity index (χ3v) is 3.15. The Morgan fingerprint density at radius 2 is 1.73 bits per heavy atom. The molecule has 0 unspecified atom stereocenters.